The molecule has 0 aliphatic carbocycles. The van der Waals surface area contributed by atoms with Crippen LogP contribution >= 0.6 is 0 Å². The SMILES string of the molecule is COc1cc(OC)cc(C(=O)NC(C(=O)NCC(C)C(=O)O)C(C)C)c1. The highest BCUT2D eigenvalue weighted by Crippen LogP contribution is 2.22. The fourth-order valence-corrected chi connectivity index (χ4v) is 2.15. The summed E-state index contributed by atoms with van der Waals surface area (Å²) in [6.07, 6.45) is 0. The summed E-state index contributed by atoms with van der Waals surface area (Å²) in [7, 11) is 2.95. The number of hydrogen-bond donors (Lipinski definition) is 3. The fourth-order valence-electron chi connectivity index (χ4n) is 2.15. The number of carbonyl (C=O) groups excluding carboxylic acids is 2. The van der Waals surface area contributed by atoms with E-state index in [1.54, 1.807) is 32.0 Å². The summed E-state index contributed by atoms with van der Waals surface area (Å²) in [5, 5.41) is 14.1. The quantitative estimate of drug-likeness (QED) is 0.607. The summed E-state index contributed by atoms with van der Waals surface area (Å²) in [5.41, 5.74) is 0.290. The second-order valence-corrected chi connectivity index (χ2v) is 6.28. The molecule has 8 nitrogen and oxygen atoms in total. The molecule has 0 aliphatic rings. The first kappa shape index (κ1) is 21.3. The maximum absolute atomic E-state index is 12.6. The molecule has 3 N–H and O–H groups in total. The molecule has 0 fully saturated rings. The number of aliphatic carboxylic acids is 1. The molecule has 0 heterocycles. The van der Waals surface area contributed by atoms with Gasteiger partial charge in [-0.1, -0.05) is 20.8 Å². The van der Waals surface area contributed by atoms with Gasteiger partial charge in [-0.15, -0.1) is 0 Å². The largest absolute Gasteiger partial charge is 0.497 e. The average Bonchev–Trinajstić information content (AvgIpc) is 2.62. The van der Waals surface area contributed by atoms with E-state index in [1.807, 2.05) is 0 Å². The highest BCUT2D eigenvalue weighted by Gasteiger charge is 2.26. The van der Waals surface area contributed by atoms with Crippen molar-refractivity contribution in [1.29, 1.82) is 0 Å². The van der Waals surface area contributed by atoms with Crippen LogP contribution in [0.5, 0.6) is 11.5 Å². The second kappa shape index (κ2) is 9.65. The van der Waals surface area contributed by atoms with Crippen molar-refractivity contribution >= 4 is 17.8 Å². The lowest BCUT2D eigenvalue weighted by molar-refractivity contribution is -0.141. The Morgan fingerprint density at radius 2 is 1.58 bits per heavy atom. The number of ether oxygens (including phenoxy) is 2. The number of benzene rings is 1. The summed E-state index contributed by atoms with van der Waals surface area (Å²) >= 11 is 0. The minimum absolute atomic E-state index is 0.0137. The van der Waals surface area contributed by atoms with Crippen LogP contribution in [0, 0.1) is 11.8 Å². The maximum Gasteiger partial charge on any atom is 0.308 e. The van der Waals surface area contributed by atoms with Crippen LogP contribution in [0.1, 0.15) is 31.1 Å². The molecule has 1 aromatic rings. The van der Waals surface area contributed by atoms with E-state index in [4.69, 9.17) is 14.6 Å². The smallest absolute Gasteiger partial charge is 0.308 e. The van der Waals surface area contributed by atoms with Crippen LogP contribution in [0.25, 0.3) is 0 Å². The van der Waals surface area contributed by atoms with Crippen LogP contribution in [0.2, 0.25) is 0 Å². The summed E-state index contributed by atoms with van der Waals surface area (Å²) < 4.78 is 10.3. The summed E-state index contributed by atoms with van der Waals surface area (Å²) in [6, 6.07) is 3.91. The molecule has 0 radical (unpaired) electrons. The number of amides is 2. The molecule has 0 saturated carbocycles. The number of rotatable bonds is 9. The number of carboxylic acids is 1. The first-order chi connectivity index (χ1) is 12.2. The Morgan fingerprint density at radius 3 is 2.00 bits per heavy atom. The van der Waals surface area contributed by atoms with Gasteiger partial charge in [0, 0.05) is 18.2 Å². The lowest BCUT2D eigenvalue weighted by Gasteiger charge is -2.22. The Morgan fingerprint density at radius 1 is 1.04 bits per heavy atom. The van der Waals surface area contributed by atoms with Gasteiger partial charge in [-0.05, 0) is 18.1 Å². The third-order valence-corrected chi connectivity index (χ3v) is 3.85. The van der Waals surface area contributed by atoms with E-state index < -0.39 is 29.7 Å². The Hall–Kier alpha value is -2.77. The third kappa shape index (κ3) is 5.94. The lowest BCUT2D eigenvalue weighted by atomic mass is 10.0. The van der Waals surface area contributed by atoms with Crippen molar-refractivity contribution in [2.75, 3.05) is 20.8 Å². The van der Waals surface area contributed by atoms with Gasteiger partial charge in [-0.3, -0.25) is 14.4 Å². The fraction of sp³-hybridized carbons (Fsp3) is 0.500. The zero-order valence-electron chi connectivity index (χ0n) is 15.7. The minimum atomic E-state index is -1.00. The van der Waals surface area contributed by atoms with Crippen molar-refractivity contribution in [3.63, 3.8) is 0 Å². The summed E-state index contributed by atoms with van der Waals surface area (Å²) in [6.45, 7) is 5.06. The normalized spacial score (nSPS) is 12.8. The predicted octanol–water partition coefficient (Wildman–Crippen LogP) is 1.30. The second-order valence-electron chi connectivity index (χ2n) is 6.28. The Kier molecular flexibility index (Phi) is 7.89. The van der Waals surface area contributed by atoms with Gasteiger partial charge in [0.15, 0.2) is 0 Å². The van der Waals surface area contributed by atoms with Crippen molar-refractivity contribution in [2.45, 2.75) is 26.8 Å². The van der Waals surface area contributed by atoms with E-state index in [1.165, 1.54) is 21.1 Å². The predicted molar refractivity (Wildman–Crippen MR) is 95.4 cm³/mol. The average molecular weight is 366 g/mol. The number of hydrogen-bond acceptors (Lipinski definition) is 5. The van der Waals surface area contributed by atoms with Crippen LogP contribution in [-0.4, -0.2) is 49.7 Å². The van der Waals surface area contributed by atoms with Gasteiger partial charge >= 0.3 is 5.97 Å². The van der Waals surface area contributed by atoms with E-state index in [0.717, 1.165) is 0 Å². The van der Waals surface area contributed by atoms with E-state index in [9.17, 15) is 14.4 Å². The molecule has 1 aromatic carbocycles. The number of methoxy groups -OCH3 is 2. The molecular formula is C18H26N2O6. The highest BCUT2D eigenvalue weighted by atomic mass is 16.5. The lowest BCUT2D eigenvalue weighted by Crippen LogP contribution is -2.50. The molecule has 2 unspecified atom stereocenters. The molecule has 2 amide bonds. The Labute approximate surface area is 152 Å². The maximum atomic E-state index is 12.6. The molecule has 8 heteroatoms. The molecule has 0 saturated heterocycles. The first-order valence-electron chi connectivity index (χ1n) is 8.24. The molecule has 1 rings (SSSR count). The topological polar surface area (TPSA) is 114 Å². The molecule has 144 valence electrons. The van der Waals surface area contributed by atoms with Gasteiger partial charge in [0.1, 0.15) is 17.5 Å². The van der Waals surface area contributed by atoms with Crippen molar-refractivity contribution in [3.05, 3.63) is 23.8 Å². The number of carbonyl (C=O) groups is 3. The van der Waals surface area contributed by atoms with E-state index in [0.29, 0.717) is 17.1 Å². The molecule has 2 atom stereocenters. The molecule has 26 heavy (non-hydrogen) atoms. The molecule has 0 bridgehead atoms. The van der Waals surface area contributed by atoms with Crippen LogP contribution in [0.15, 0.2) is 18.2 Å². The Bertz CT molecular complexity index is 637. The summed E-state index contributed by atoms with van der Waals surface area (Å²) in [5.74, 6) is -1.89. The minimum Gasteiger partial charge on any atom is -0.497 e. The molecule has 0 aromatic heterocycles. The van der Waals surface area contributed by atoms with Crippen LogP contribution in [0.4, 0.5) is 0 Å². The Balaban J connectivity index is 2.88. The standard InChI is InChI=1S/C18H26N2O6/c1-10(2)15(17(22)19-9-11(3)18(23)24)20-16(21)12-6-13(25-4)8-14(7-12)26-5/h6-8,10-11,15H,9H2,1-5H3,(H,19,22)(H,20,21)(H,23,24). The highest BCUT2D eigenvalue weighted by molar-refractivity contribution is 5.98. The summed E-state index contributed by atoms with van der Waals surface area (Å²) in [4.78, 5) is 35.8. The van der Waals surface area contributed by atoms with Gasteiger partial charge in [-0.2, -0.15) is 0 Å². The van der Waals surface area contributed by atoms with Gasteiger partial charge < -0.3 is 25.2 Å². The van der Waals surface area contributed by atoms with Gasteiger partial charge in [-0.25, -0.2) is 0 Å². The van der Waals surface area contributed by atoms with Crippen molar-refractivity contribution in [3.8, 4) is 11.5 Å². The first-order valence-corrected chi connectivity index (χ1v) is 8.24. The van der Waals surface area contributed by atoms with Crippen LogP contribution in [0.3, 0.4) is 0 Å². The van der Waals surface area contributed by atoms with Crippen molar-refractivity contribution in [2.24, 2.45) is 11.8 Å². The molecular weight excluding hydrogens is 340 g/mol. The molecule has 0 spiro atoms. The van der Waals surface area contributed by atoms with E-state index in [-0.39, 0.29) is 12.5 Å². The number of nitrogens with one attached hydrogen (secondary N) is 2. The van der Waals surface area contributed by atoms with Gasteiger partial charge in [0.05, 0.1) is 20.1 Å². The van der Waals surface area contributed by atoms with Crippen LogP contribution in [-0.2, 0) is 9.59 Å². The van der Waals surface area contributed by atoms with E-state index >= 15 is 0 Å². The molecule has 0 aliphatic heterocycles. The van der Waals surface area contributed by atoms with E-state index in [2.05, 4.69) is 10.6 Å². The number of carboxylic acid groups (broad SMARTS) is 1. The van der Waals surface area contributed by atoms with Gasteiger partial charge in [0.25, 0.3) is 5.91 Å². The van der Waals surface area contributed by atoms with Crippen molar-refractivity contribution in [1.82, 2.24) is 10.6 Å². The van der Waals surface area contributed by atoms with Crippen molar-refractivity contribution < 1.29 is 29.0 Å². The third-order valence-electron chi connectivity index (χ3n) is 3.85. The zero-order valence-corrected chi connectivity index (χ0v) is 15.7. The monoisotopic (exact) mass is 366 g/mol. The van der Waals surface area contributed by atoms with Gasteiger partial charge in [0.2, 0.25) is 5.91 Å². The zero-order chi connectivity index (χ0) is 19.9. The van der Waals surface area contributed by atoms with Crippen LogP contribution < -0.4 is 20.1 Å².